The second-order valence-corrected chi connectivity index (χ2v) is 7.27. The Hall–Kier alpha value is -3.39. The SMILES string of the molecule is CC(O)CNC(=O)c1cnccc1Nc1cc(-c2ccncc2F)ncc1C(C)C. The first-order valence-corrected chi connectivity index (χ1v) is 9.64. The molecule has 1 amide bonds. The number of amides is 1. The maximum atomic E-state index is 14.2. The lowest BCUT2D eigenvalue weighted by molar-refractivity contribution is 0.0924. The quantitative estimate of drug-likeness (QED) is 0.551. The van der Waals surface area contributed by atoms with E-state index in [1.165, 1.54) is 12.4 Å². The van der Waals surface area contributed by atoms with Gasteiger partial charge in [-0.15, -0.1) is 0 Å². The predicted octanol–water partition coefficient (Wildman–Crippen LogP) is 3.66. The van der Waals surface area contributed by atoms with Crippen LogP contribution in [0.25, 0.3) is 11.3 Å². The van der Waals surface area contributed by atoms with E-state index in [0.717, 1.165) is 11.8 Å². The van der Waals surface area contributed by atoms with Crippen LogP contribution in [0.4, 0.5) is 15.8 Å². The van der Waals surface area contributed by atoms with Crippen LogP contribution in [0, 0.1) is 5.82 Å². The molecule has 7 nitrogen and oxygen atoms in total. The van der Waals surface area contributed by atoms with Crippen LogP contribution >= 0.6 is 0 Å². The Kier molecular flexibility index (Phi) is 6.68. The number of carbonyl (C=O) groups is 1. The third kappa shape index (κ3) is 4.96. The summed E-state index contributed by atoms with van der Waals surface area (Å²) >= 11 is 0. The zero-order valence-corrected chi connectivity index (χ0v) is 17.1. The molecule has 0 aliphatic carbocycles. The normalized spacial score (nSPS) is 11.9. The van der Waals surface area contributed by atoms with E-state index in [1.807, 2.05) is 13.8 Å². The van der Waals surface area contributed by atoms with Gasteiger partial charge in [0.25, 0.3) is 5.91 Å². The summed E-state index contributed by atoms with van der Waals surface area (Å²) < 4.78 is 14.2. The largest absolute Gasteiger partial charge is 0.392 e. The van der Waals surface area contributed by atoms with Gasteiger partial charge in [0.05, 0.1) is 29.2 Å². The van der Waals surface area contributed by atoms with E-state index >= 15 is 0 Å². The van der Waals surface area contributed by atoms with Crippen molar-refractivity contribution in [3.8, 4) is 11.3 Å². The minimum Gasteiger partial charge on any atom is -0.392 e. The van der Waals surface area contributed by atoms with E-state index in [-0.39, 0.29) is 18.4 Å². The highest BCUT2D eigenvalue weighted by molar-refractivity contribution is 6.00. The van der Waals surface area contributed by atoms with Crippen LogP contribution in [0.3, 0.4) is 0 Å². The molecular formula is C22H24FN5O2. The molecule has 0 spiro atoms. The second-order valence-electron chi connectivity index (χ2n) is 7.27. The number of nitrogens with zero attached hydrogens (tertiary/aromatic N) is 3. The fourth-order valence-corrected chi connectivity index (χ4v) is 2.93. The monoisotopic (exact) mass is 409 g/mol. The Bertz CT molecular complexity index is 1040. The second kappa shape index (κ2) is 9.41. The number of pyridine rings is 3. The molecule has 0 fully saturated rings. The molecule has 3 N–H and O–H groups in total. The number of nitrogens with one attached hydrogen (secondary N) is 2. The molecule has 0 aliphatic rings. The lowest BCUT2D eigenvalue weighted by Crippen LogP contribution is -2.31. The van der Waals surface area contributed by atoms with Crippen molar-refractivity contribution in [1.82, 2.24) is 20.3 Å². The third-order valence-corrected chi connectivity index (χ3v) is 4.50. The lowest BCUT2D eigenvalue weighted by atomic mass is 10.0. The summed E-state index contributed by atoms with van der Waals surface area (Å²) in [6.07, 6.45) is 6.74. The molecule has 0 bridgehead atoms. The van der Waals surface area contributed by atoms with E-state index in [9.17, 15) is 14.3 Å². The van der Waals surface area contributed by atoms with Crippen molar-refractivity contribution in [3.63, 3.8) is 0 Å². The van der Waals surface area contributed by atoms with Gasteiger partial charge in [0.15, 0.2) is 5.82 Å². The molecule has 0 aromatic carbocycles. The highest BCUT2D eigenvalue weighted by Crippen LogP contribution is 2.32. The fraction of sp³-hybridized carbons (Fsp3) is 0.273. The molecule has 0 aliphatic heterocycles. The standard InChI is InChI=1S/C22H24FN5O2/c1-13(2)16-11-26-20(15-4-6-25-12-18(15)23)8-21(16)28-19-5-7-24-10-17(19)22(30)27-9-14(3)29/h4-8,10-14,29H,9H2,1-3H3,(H,27,30)(H,24,26,28). The van der Waals surface area contributed by atoms with E-state index in [1.54, 1.807) is 37.5 Å². The molecule has 3 aromatic heterocycles. The average molecular weight is 409 g/mol. The van der Waals surface area contributed by atoms with Crippen LogP contribution in [-0.4, -0.2) is 38.6 Å². The zero-order valence-electron chi connectivity index (χ0n) is 17.1. The molecule has 1 unspecified atom stereocenters. The number of hydrogen-bond acceptors (Lipinski definition) is 6. The van der Waals surface area contributed by atoms with Crippen molar-refractivity contribution < 1.29 is 14.3 Å². The minimum atomic E-state index is -0.660. The lowest BCUT2D eigenvalue weighted by Gasteiger charge is -2.18. The van der Waals surface area contributed by atoms with Crippen molar-refractivity contribution in [2.75, 3.05) is 11.9 Å². The number of hydrogen-bond donors (Lipinski definition) is 3. The summed E-state index contributed by atoms with van der Waals surface area (Å²) in [5.41, 5.74) is 3.30. The van der Waals surface area contributed by atoms with E-state index in [4.69, 9.17) is 0 Å². The first kappa shape index (κ1) is 21.3. The molecule has 8 heteroatoms. The van der Waals surface area contributed by atoms with E-state index in [0.29, 0.717) is 28.2 Å². The summed E-state index contributed by atoms with van der Waals surface area (Å²) in [5, 5.41) is 15.4. The first-order chi connectivity index (χ1) is 14.4. The summed E-state index contributed by atoms with van der Waals surface area (Å²) in [4.78, 5) is 24.8. The summed E-state index contributed by atoms with van der Waals surface area (Å²) in [7, 11) is 0. The Morgan fingerprint density at radius 3 is 2.53 bits per heavy atom. The summed E-state index contributed by atoms with van der Waals surface area (Å²) in [5.74, 6) is -0.673. The molecule has 1 atom stereocenters. The van der Waals surface area contributed by atoms with Gasteiger partial charge in [0, 0.05) is 42.6 Å². The van der Waals surface area contributed by atoms with Gasteiger partial charge in [-0.3, -0.25) is 19.7 Å². The molecule has 156 valence electrons. The fourth-order valence-electron chi connectivity index (χ4n) is 2.93. The molecule has 0 saturated heterocycles. The van der Waals surface area contributed by atoms with Crippen LogP contribution in [0.2, 0.25) is 0 Å². The molecule has 0 saturated carbocycles. The van der Waals surface area contributed by atoms with E-state index < -0.39 is 11.9 Å². The highest BCUT2D eigenvalue weighted by Gasteiger charge is 2.16. The van der Waals surface area contributed by atoms with Crippen LogP contribution in [0.5, 0.6) is 0 Å². The van der Waals surface area contributed by atoms with Crippen molar-refractivity contribution in [2.45, 2.75) is 32.8 Å². The number of carbonyl (C=O) groups excluding carboxylic acids is 1. The number of anilines is 2. The molecular weight excluding hydrogens is 385 g/mol. The number of halogens is 1. The van der Waals surface area contributed by atoms with Crippen molar-refractivity contribution >= 4 is 17.3 Å². The molecule has 3 rings (SSSR count). The third-order valence-electron chi connectivity index (χ3n) is 4.50. The molecule has 30 heavy (non-hydrogen) atoms. The first-order valence-electron chi connectivity index (χ1n) is 9.64. The van der Waals surface area contributed by atoms with Gasteiger partial charge in [-0.05, 0) is 36.6 Å². The maximum absolute atomic E-state index is 14.2. The van der Waals surface area contributed by atoms with Crippen LogP contribution in [-0.2, 0) is 0 Å². The highest BCUT2D eigenvalue weighted by atomic mass is 19.1. The number of aliphatic hydroxyl groups excluding tert-OH is 1. The number of aromatic nitrogens is 3. The molecule has 0 radical (unpaired) electrons. The van der Waals surface area contributed by atoms with Crippen LogP contribution in [0.15, 0.2) is 49.2 Å². The van der Waals surface area contributed by atoms with Gasteiger partial charge in [-0.1, -0.05) is 13.8 Å². The van der Waals surface area contributed by atoms with Crippen molar-refractivity contribution in [2.24, 2.45) is 0 Å². The Morgan fingerprint density at radius 2 is 1.83 bits per heavy atom. The van der Waals surface area contributed by atoms with Gasteiger partial charge >= 0.3 is 0 Å². The van der Waals surface area contributed by atoms with Gasteiger partial charge < -0.3 is 15.7 Å². The minimum absolute atomic E-state index is 0.130. The van der Waals surface area contributed by atoms with Crippen molar-refractivity contribution in [1.29, 1.82) is 0 Å². The van der Waals surface area contributed by atoms with Crippen molar-refractivity contribution in [3.05, 3.63) is 66.1 Å². The summed E-state index contributed by atoms with van der Waals surface area (Å²) in [6.45, 7) is 5.77. The van der Waals surface area contributed by atoms with Gasteiger partial charge in [0.2, 0.25) is 0 Å². The zero-order chi connectivity index (χ0) is 21.7. The topological polar surface area (TPSA) is 100 Å². The van der Waals surface area contributed by atoms with Gasteiger partial charge in [0.1, 0.15) is 0 Å². The van der Waals surface area contributed by atoms with Gasteiger partial charge in [-0.2, -0.15) is 0 Å². The Labute approximate surface area is 174 Å². The maximum Gasteiger partial charge on any atom is 0.255 e. The molecule has 3 heterocycles. The summed E-state index contributed by atoms with van der Waals surface area (Å²) in [6, 6.07) is 5.01. The smallest absolute Gasteiger partial charge is 0.255 e. The Morgan fingerprint density at radius 1 is 1.10 bits per heavy atom. The van der Waals surface area contributed by atoms with E-state index in [2.05, 4.69) is 25.6 Å². The van der Waals surface area contributed by atoms with Crippen LogP contribution < -0.4 is 10.6 Å². The number of aliphatic hydroxyl groups is 1. The van der Waals surface area contributed by atoms with Gasteiger partial charge in [-0.25, -0.2) is 4.39 Å². The predicted molar refractivity (Wildman–Crippen MR) is 113 cm³/mol. The average Bonchev–Trinajstić information content (AvgIpc) is 2.72. The Balaban J connectivity index is 1.99. The molecule has 3 aromatic rings. The number of rotatable bonds is 7. The van der Waals surface area contributed by atoms with Crippen LogP contribution in [0.1, 0.15) is 42.6 Å².